The van der Waals surface area contributed by atoms with E-state index >= 15 is 0 Å². The van der Waals surface area contributed by atoms with Crippen molar-refractivity contribution >= 4 is 38.5 Å². The number of hydrogen-bond acceptors (Lipinski definition) is 7. The normalized spacial score (nSPS) is 14.1. The molecule has 2 aromatic carbocycles. The monoisotopic (exact) mass is 542 g/mol. The van der Waals surface area contributed by atoms with Gasteiger partial charge in [-0.3, -0.25) is 4.68 Å². The molecule has 0 unspecified atom stereocenters. The van der Waals surface area contributed by atoms with Gasteiger partial charge < -0.3 is 19.5 Å². The van der Waals surface area contributed by atoms with Crippen LogP contribution in [0.2, 0.25) is 0 Å². The number of benzene rings is 2. The van der Waals surface area contributed by atoms with Gasteiger partial charge in [-0.2, -0.15) is 5.10 Å². The Hall–Kier alpha value is -3.66. The van der Waals surface area contributed by atoms with Crippen LogP contribution in [-0.2, 0) is 19.9 Å². The number of halogens is 2. The van der Waals surface area contributed by atoms with E-state index in [1.54, 1.807) is 6.07 Å². The van der Waals surface area contributed by atoms with Crippen LogP contribution in [0, 0.1) is 5.82 Å². The predicted molar refractivity (Wildman–Crippen MR) is 135 cm³/mol. The summed E-state index contributed by atoms with van der Waals surface area (Å²) in [5, 5.41) is 7.49. The summed E-state index contributed by atoms with van der Waals surface area (Å²) in [6.07, 6.45) is 3.80. The summed E-state index contributed by atoms with van der Waals surface area (Å²) in [6.45, 7) is -2.18. The van der Waals surface area contributed by atoms with Crippen LogP contribution in [-0.4, -0.2) is 41.1 Å². The standard InChI is InChI=1S/C25H23BrFN5O3/c1-32-12-19-23(31-32)22(15-6-5-14-9-18(27)17(26)10-16(14)15)30-25(29-19)28-11-13-7-20(33-2)24(35-4)21(8-13)34-3/h6-10,12H,5,11H2,1-4H3,(H,28,29)/i1D3. The van der Waals surface area contributed by atoms with Crippen LogP contribution in [0.25, 0.3) is 16.6 Å². The zero-order valence-corrected chi connectivity index (χ0v) is 20.7. The summed E-state index contributed by atoms with van der Waals surface area (Å²) in [5.41, 5.74) is 4.26. The quantitative estimate of drug-likeness (QED) is 0.356. The van der Waals surface area contributed by atoms with Crippen molar-refractivity contribution in [3.05, 3.63) is 69.2 Å². The Morgan fingerprint density at radius 3 is 2.57 bits per heavy atom. The lowest BCUT2D eigenvalue weighted by Crippen LogP contribution is -2.07. The number of ether oxygens (including phenoxy) is 3. The molecule has 1 aliphatic carbocycles. The van der Waals surface area contributed by atoms with Crippen molar-refractivity contribution < 1.29 is 22.7 Å². The van der Waals surface area contributed by atoms with Gasteiger partial charge in [0.05, 0.1) is 32.0 Å². The van der Waals surface area contributed by atoms with Gasteiger partial charge in [0.25, 0.3) is 0 Å². The number of fused-ring (bicyclic) bond motifs is 2. The maximum atomic E-state index is 14.2. The third-order valence-corrected chi connectivity index (χ3v) is 6.36. The molecule has 0 amide bonds. The fourth-order valence-corrected chi connectivity index (χ4v) is 4.50. The number of aromatic nitrogens is 4. The molecule has 1 aliphatic rings. The first kappa shape index (κ1) is 19.6. The van der Waals surface area contributed by atoms with E-state index in [2.05, 4.69) is 31.3 Å². The van der Waals surface area contributed by atoms with E-state index < -0.39 is 6.98 Å². The molecule has 0 saturated carbocycles. The Morgan fingerprint density at radius 2 is 1.89 bits per heavy atom. The lowest BCUT2D eigenvalue weighted by molar-refractivity contribution is 0.324. The molecule has 0 saturated heterocycles. The number of nitrogens with zero attached hydrogens (tertiary/aromatic N) is 4. The van der Waals surface area contributed by atoms with Crippen LogP contribution in [0.3, 0.4) is 0 Å². The molecule has 2 heterocycles. The SMILES string of the molecule is [2H]C([2H])([2H])n1cc2nc(NCc3cc(OC)c(OC)c(OC)c3)nc(C3=CCc4cc(F)c(Br)cc43)c2n1. The van der Waals surface area contributed by atoms with Gasteiger partial charge in [0.1, 0.15) is 22.5 Å². The van der Waals surface area contributed by atoms with E-state index in [0.717, 1.165) is 26.9 Å². The Bertz CT molecular complexity index is 1560. The maximum Gasteiger partial charge on any atom is 0.224 e. The van der Waals surface area contributed by atoms with E-state index in [-0.39, 0.29) is 11.8 Å². The Kier molecular flexibility index (Phi) is 5.15. The molecular formula is C25H23BrFN5O3. The third-order valence-electron chi connectivity index (χ3n) is 5.76. The van der Waals surface area contributed by atoms with Gasteiger partial charge in [-0.15, -0.1) is 0 Å². The largest absolute Gasteiger partial charge is 0.493 e. The van der Waals surface area contributed by atoms with Crippen LogP contribution in [0.1, 0.15) is 26.5 Å². The number of nitrogens with one attached hydrogen (secondary N) is 1. The number of anilines is 1. The zero-order chi connectivity index (χ0) is 27.2. The van der Waals surface area contributed by atoms with Gasteiger partial charge in [-0.25, -0.2) is 14.4 Å². The van der Waals surface area contributed by atoms with Gasteiger partial charge in [-0.1, -0.05) is 6.08 Å². The zero-order valence-electron chi connectivity index (χ0n) is 22.1. The smallest absolute Gasteiger partial charge is 0.224 e. The Labute approximate surface area is 214 Å². The molecular weight excluding hydrogens is 517 g/mol. The van der Waals surface area contributed by atoms with Gasteiger partial charge in [0.2, 0.25) is 11.7 Å². The second-order valence-corrected chi connectivity index (χ2v) is 8.69. The summed E-state index contributed by atoms with van der Waals surface area (Å²) >= 11 is 3.26. The molecule has 5 rings (SSSR count). The van der Waals surface area contributed by atoms with Gasteiger partial charge in [0, 0.05) is 23.2 Å². The summed E-state index contributed by atoms with van der Waals surface area (Å²) in [5.74, 6) is 1.40. The molecule has 0 atom stereocenters. The van der Waals surface area contributed by atoms with Crippen LogP contribution in [0.15, 0.2) is 41.0 Å². The predicted octanol–water partition coefficient (Wildman–Crippen LogP) is 4.89. The highest BCUT2D eigenvalue weighted by molar-refractivity contribution is 9.10. The summed E-state index contributed by atoms with van der Waals surface area (Å²) in [6, 6.07) is 6.79. The molecule has 4 aromatic rings. The topological polar surface area (TPSA) is 83.3 Å². The number of aryl methyl sites for hydroxylation is 1. The van der Waals surface area contributed by atoms with Crippen molar-refractivity contribution in [2.45, 2.75) is 13.0 Å². The van der Waals surface area contributed by atoms with E-state index in [9.17, 15) is 4.39 Å². The van der Waals surface area contributed by atoms with Crippen molar-refractivity contribution in [2.75, 3.05) is 26.6 Å². The number of methoxy groups -OCH3 is 3. The minimum Gasteiger partial charge on any atom is -0.493 e. The molecule has 0 aliphatic heterocycles. The van der Waals surface area contributed by atoms with Crippen molar-refractivity contribution in [1.29, 1.82) is 0 Å². The van der Waals surface area contributed by atoms with Crippen molar-refractivity contribution in [1.82, 2.24) is 19.7 Å². The first-order chi connectivity index (χ1) is 18.1. The highest BCUT2D eigenvalue weighted by Gasteiger charge is 2.23. The van der Waals surface area contributed by atoms with Crippen LogP contribution >= 0.6 is 15.9 Å². The van der Waals surface area contributed by atoms with Crippen LogP contribution < -0.4 is 19.5 Å². The molecule has 0 fully saturated rings. The minimum absolute atomic E-state index is 0.266. The van der Waals surface area contributed by atoms with Gasteiger partial charge >= 0.3 is 0 Å². The highest BCUT2D eigenvalue weighted by Crippen LogP contribution is 2.39. The van der Waals surface area contributed by atoms with E-state index in [4.69, 9.17) is 23.3 Å². The summed E-state index contributed by atoms with van der Waals surface area (Å²) in [7, 11) is 4.61. The third kappa shape index (κ3) is 4.18. The van der Waals surface area contributed by atoms with E-state index in [1.807, 2.05) is 18.2 Å². The minimum atomic E-state index is -2.49. The first-order valence-electron chi connectivity index (χ1n) is 12.1. The maximum absolute atomic E-state index is 14.2. The molecule has 180 valence electrons. The fraction of sp³-hybridized carbons (Fsp3) is 0.240. The number of hydrogen-bond donors (Lipinski definition) is 1. The average Bonchev–Trinajstić information content (AvgIpc) is 3.51. The lowest BCUT2D eigenvalue weighted by Gasteiger charge is -2.15. The van der Waals surface area contributed by atoms with Crippen molar-refractivity contribution in [3.8, 4) is 17.2 Å². The molecule has 0 bridgehead atoms. The van der Waals surface area contributed by atoms with E-state index in [1.165, 1.54) is 33.6 Å². The molecule has 0 radical (unpaired) electrons. The van der Waals surface area contributed by atoms with Crippen LogP contribution in [0.4, 0.5) is 10.3 Å². The molecule has 1 N–H and O–H groups in total. The number of allylic oxidation sites excluding steroid dienone is 1. The molecule has 0 spiro atoms. The number of rotatable bonds is 7. The van der Waals surface area contributed by atoms with E-state index in [0.29, 0.717) is 51.4 Å². The second kappa shape index (κ2) is 9.18. The summed E-state index contributed by atoms with van der Waals surface area (Å²) < 4.78 is 55.0. The Balaban J connectivity index is 1.57. The molecule has 10 heteroatoms. The lowest BCUT2D eigenvalue weighted by atomic mass is 10.0. The van der Waals surface area contributed by atoms with Crippen LogP contribution in [0.5, 0.6) is 17.2 Å². The second-order valence-electron chi connectivity index (χ2n) is 7.84. The fourth-order valence-electron chi connectivity index (χ4n) is 4.15. The highest BCUT2D eigenvalue weighted by atomic mass is 79.9. The average molecular weight is 543 g/mol. The summed E-state index contributed by atoms with van der Waals surface area (Å²) in [4.78, 5) is 9.24. The molecule has 35 heavy (non-hydrogen) atoms. The van der Waals surface area contributed by atoms with Crippen molar-refractivity contribution in [3.63, 3.8) is 0 Å². The Morgan fingerprint density at radius 1 is 1.11 bits per heavy atom. The first-order valence-corrected chi connectivity index (χ1v) is 11.4. The van der Waals surface area contributed by atoms with Gasteiger partial charge in [0.15, 0.2) is 11.5 Å². The van der Waals surface area contributed by atoms with Gasteiger partial charge in [-0.05, 0) is 63.3 Å². The molecule has 8 nitrogen and oxygen atoms in total. The molecule has 2 aromatic heterocycles. The van der Waals surface area contributed by atoms with Crippen molar-refractivity contribution in [2.24, 2.45) is 6.98 Å².